The average Bonchev–Trinajstić information content (AvgIpc) is 3.34. The molecule has 2 fully saturated rings. The lowest BCUT2D eigenvalue weighted by atomic mass is 9.85. The van der Waals surface area contributed by atoms with Crippen molar-refractivity contribution >= 4 is 17.0 Å². The molecule has 11 heteroatoms. The number of esters is 1. The lowest BCUT2D eigenvalue weighted by Crippen LogP contribution is -2.32. The van der Waals surface area contributed by atoms with Crippen molar-refractivity contribution in [2.45, 2.75) is 63.9 Å². The predicted molar refractivity (Wildman–Crippen MR) is 153 cm³/mol. The summed E-state index contributed by atoms with van der Waals surface area (Å²) in [5, 5.41) is 8.90. The number of nitrogens with zero attached hydrogens (tertiary/aromatic N) is 5. The molecular formula is C32H32FN5O5. The molecule has 1 saturated carbocycles. The Labute approximate surface area is 248 Å². The highest BCUT2D eigenvalue weighted by Gasteiger charge is 2.27. The van der Waals surface area contributed by atoms with Crippen molar-refractivity contribution in [2.24, 2.45) is 5.92 Å². The van der Waals surface area contributed by atoms with Crippen LogP contribution in [0.15, 0.2) is 48.7 Å². The third-order valence-electron chi connectivity index (χ3n) is 8.08. The van der Waals surface area contributed by atoms with Crippen molar-refractivity contribution in [1.82, 2.24) is 19.5 Å². The van der Waals surface area contributed by atoms with Gasteiger partial charge in [0, 0.05) is 25.3 Å². The van der Waals surface area contributed by atoms with Crippen molar-refractivity contribution in [3.63, 3.8) is 0 Å². The van der Waals surface area contributed by atoms with Gasteiger partial charge in [-0.15, -0.1) is 0 Å². The number of nitriles is 1. The van der Waals surface area contributed by atoms with Crippen molar-refractivity contribution in [3.05, 3.63) is 77.3 Å². The maximum absolute atomic E-state index is 14.1. The normalized spacial score (nSPS) is 19.8. The first kappa shape index (κ1) is 28.6. The molecule has 222 valence electrons. The number of methoxy groups -OCH3 is 1. The fraction of sp³-hybridized carbons (Fsp3) is 0.406. The average molecular weight is 586 g/mol. The van der Waals surface area contributed by atoms with Crippen LogP contribution in [0.4, 0.5) is 4.39 Å². The van der Waals surface area contributed by atoms with Gasteiger partial charge in [-0.25, -0.2) is 19.2 Å². The second-order valence-corrected chi connectivity index (χ2v) is 10.9. The zero-order chi connectivity index (χ0) is 29.8. The Morgan fingerprint density at radius 2 is 1.95 bits per heavy atom. The monoisotopic (exact) mass is 585 g/mol. The largest absolute Gasteiger partial charge is 0.483 e. The Balaban J connectivity index is 1.06. The minimum Gasteiger partial charge on any atom is -0.483 e. The Morgan fingerprint density at radius 1 is 1.12 bits per heavy atom. The quantitative estimate of drug-likeness (QED) is 0.232. The van der Waals surface area contributed by atoms with E-state index in [0.717, 1.165) is 68.1 Å². The van der Waals surface area contributed by atoms with E-state index < -0.39 is 5.82 Å². The number of hydrogen-bond acceptors (Lipinski definition) is 9. The first-order valence-corrected chi connectivity index (χ1v) is 14.5. The number of ether oxygens (including phenoxy) is 4. The van der Waals surface area contributed by atoms with Gasteiger partial charge in [0.1, 0.15) is 18.5 Å². The van der Waals surface area contributed by atoms with Crippen LogP contribution in [0.5, 0.6) is 11.6 Å². The van der Waals surface area contributed by atoms with Gasteiger partial charge < -0.3 is 23.5 Å². The smallest absolute Gasteiger partial charge is 0.337 e. The van der Waals surface area contributed by atoms with Gasteiger partial charge in [0.15, 0.2) is 17.4 Å². The Morgan fingerprint density at radius 3 is 2.67 bits per heavy atom. The Hall–Kier alpha value is -4.56. The minimum atomic E-state index is -0.610. The molecule has 2 aromatic heterocycles. The van der Waals surface area contributed by atoms with Gasteiger partial charge in [0.25, 0.3) is 0 Å². The highest BCUT2D eigenvalue weighted by Crippen LogP contribution is 2.31. The molecule has 4 aromatic rings. The molecule has 2 aliphatic rings. The predicted octanol–water partition coefficient (Wildman–Crippen LogP) is 5.17. The maximum Gasteiger partial charge on any atom is 0.337 e. The first-order valence-electron chi connectivity index (χ1n) is 14.5. The number of rotatable bonds is 10. The molecule has 1 aliphatic heterocycles. The molecule has 3 heterocycles. The van der Waals surface area contributed by atoms with E-state index in [1.165, 1.54) is 19.2 Å². The van der Waals surface area contributed by atoms with Crippen LogP contribution in [-0.4, -0.2) is 51.4 Å². The van der Waals surface area contributed by atoms with Crippen molar-refractivity contribution in [1.29, 1.82) is 5.26 Å². The molecule has 1 saturated heterocycles. The van der Waals surface area contributed by atoms with Crippen molar-refractivity contribution in [2.75, 3.05) is 13.7 Å². The number of benzene rings is 2. The first-order chi connectivity index (χ1) is 21.0. The van der Waals surface area contributed by atoms with Crippen LogP contribution in [0.1, 0.15) is 59.7 Å². The van der Waals surface area contributed by atoms with E-state index in [9.17, 15) is 9.18 Å². The maximum atomic E-state index is 14.1. The fourth-order valence-electron chi connectivity index (χ4n) is 5.64. The van der Waals surface area contributed by atoms with E-state index in [4.69, 9.17) is 29.2 Å². The molecule has 1 atom stereocenters. The zero-order valence-corrected chi connectivity index (χ0v) is 23.9. The second kappa shape index (κ2) is 12.8. The molecule has 0 N–H and O–H groups in total. The summed E-state index contributed by atoms with van der Waals surface area (Å²) in [5.74, 6) is 1.36. The van der Waals surface area contributed by atoms with E-state index in [2.05, 4.69) is 14.5 Å². The van der Waals surface area contributed by atoms with Gasteiger partial charge in [0.2, 0.25) is 5.88 Å². The lowest BCUT2D eigenvalue weighted by molar-refractivity contribution is -0.0590. The van der Waals surface area contributed by atoms with E-state index >= 15 is 0 Å². The van der Waals surface area contributed by atoms with E-state index in [-0.39, 0.29) is 36.1 Å². The Bertz CT molecular complexity index is 1660. The molecule has 0 bridgehead atoms. The van der Waals surface area contributed by atoms with Gasteiger partial charge in [-0.2, -0.15) is 10.2 Å². The molecule has 0 spiro atoms. The summed E-state index contributed by atoms with van der Waals surface area (Å²) in [6, 6.07) is 13.2. The van der Waals surface area contributed by atoms with Crippen molar-refractivity contribution in [3.8, 4) is 17.7 Å². The third kappa shape index (κ3) is 6.60. The summed E-state index contributed by atoms with van der Waals surface area (Å²) in [6.45, 7) is 1.47. The van der Waals surface area contributed by atoms with E-state index in [0.29, 0.717) is 29.7 Å². The van der Waals surface area contributed by atoms with Crippen LogP contribution in [0.2, 0.25) is 0 Å². The van der Waals surface area contributed by atoms with Crippen molar-refractivity contribution < 1.29 is 28.1 Å². The molecule has 0 amide bonds. The summed E-state index contributed by atoms with van der Waals surface area (Å²) < 4.78 is 38.7. The molecule has 0 radical (unpaired) electrons. The number of hydrogen-bond donors (Lipinski definition) is 0. The highest BCUT2D eigenvalue weighted by atomic mass is 19.1. The number of halogens is 1. The van der Waals surface area contributed by atoms with Crippen LogP contribution >= 0.6 is 0 Å². The Kier molecular flexibility index (Phi) is 8.47. The van der Waals surface area contributed by atoms with Gasteiger partial charge in [-0.05, 0) is 74.4 Å². The number of carbonyl (C=O) groups excluding carboxylic acids is 1. The van der Waals surface area contributed by atoms with E-state index in [1.54, 1.807) is 18.3 Å². The lowest BCUT2D eigenvalue weighted by Gasteiger charge is -2.30. The SMILES string of the molecule is COC(=O)c1ccc2nc(C[C@H]3CC[C@H](Oc4ccnc(COc5ccc(C#N)cc5F)n4)CC3)n(C[C@@H]3CCO3)c2c1. The summed E-state index contributed by atoms with van der Waals surface area (Å²) in [4.78, 5) is 25.8. The summed E-state index contributed by atoms with van der Waals surface area (Å²) in [6.07, 6.45) is 7.38. The standard InChI is InChI=1S/C32H32FN5O5/c1-40-32(39)22-5-8-26-27(16-22)38(18-24-11-13-41-24)30(36-26)15-20-2-6-23(7-3-20)43-31-10-12-35-29(37-31)19-42-28-9-4-21(17-34)14-25(28)33/h4-5,8-10,12,14,16,20,23-24H,2-3,6-7,11,13,15,18-19H2,1H3/t20-,23-,24-/m0/s1. The second-order valence-electron chi connectivity index (χ2n) is 10.9. The van der Waals surface area contributed by atoms with Crippen LogP contribution in [-0.2, 0) is 29.0 Å². The minimum absolute atomic E-state index is 0.0270. The number of imidazole rings is 1. The topological polar surface area (TPSA) is 121 Å². The van der Waals surface area contributed by atoms with Crippen LogP contribution in [0.25, 0.3) is 11.0 Å². The third-order valence-corrected chi connectivity index (χ3v) is 8.08. The van der Waals surface area contributed by atoms with E-state index in [1.807, 2.05) is 18.2 Å². The number of carbonyl (C=O) groups is 1. The van der Waals surface area contributed by atoms with Gasteiger partial charge in [-0.3, -0.25) is 0 Å². The fourth-order valence-corrected chi connectivity index (χ4v) is 5.64. The summed E-state index contributed by atoms with van der Waals surface area (Å²) >= 11 is 0. The molecule has 1 aliphatic carbocycles. The summed E-state index contributed by atoms with van der Waals surface area (Å²) in [7, 11) is 1.39. The molecule has 0 unspecified atom stereocenters. The number of aromatic nitrogens is 4. The van der Waals surface area contributed by atoms with Gasteiger partial charge in [-0.1, -0.05) is 0 Å². The zero-order valence-electron chi connectivity index (χ0n) is 23.9. The van der Waals surface area contributed by atoms with Crippen LogP contribution in [0, 0.1) is 23.1 Å². The molecule has 10 nitrogen and oxygen atoms in total. The number of fused-ring (bicyclic) bond motifs is 1. The van der Waals surface area contributed by atoms with Gasteiger partial charge >= 0.3 is 5.97 Å². The van der Waals surface area contributed by atoms with Crippen LogP contribution < -0.4 is 9.47 Å². The molecular weight excluding hydrogens is 553 g/mol. The highest BCUT2D eigenvalue weighted by molar-refractivity contribution is 5.93. The van der Waals surface area contributed by atoms with Crippen LogP contribution in [0.3, 0.4) is 0 Å². The summed E-state index contributed by atoms with van der Waals surface area (Å²) in [5.41, 5.74) is 2.53. The van der Waals surface area contributed by atoms with Gasteiger partial charge in [0.05, 0.1) is 48.0 Å². The molecule has 43 heavy (non-hydrogen) atoms. The molecule has 2 aromatic carbocycles. The molecule has 6 rings (SSSR count).